The number of hydrogen-bond donors (Lipinski definition) is 1. The van der Waals surface area contributed by atoms with E-state index in [4.69, 9.17) is 10.5 Å². The molecule has 5 nitrogen and oxygen atoms in total. The lowest BCUT2D eigenvalue weighted by Gasteiger charge is -2.11. The summed E-state index contributed by atoms with van der Waals surface area (Å²) < 4.78 is 20.9. The van der Waals surface area contributed by atoms with Crippen LogP contribution in [0.25, 0.3) is 5.69 Å². The van der Waals surface area contributed by atoms with Crippen molar-refractivity contribution in [3.63, 3.8) is 0 Å². The Kier molecular flexibility index (Phi) is 5.07. The van der Waals surface area contributed by atoms with Crippen LogP contribution >= 0.6 is 0 Å². The van der Waals surface area contributed by atoms with E-state index in [-0.39, 0.29) is 29.5 Å². The van der Waals surface area contributed by atoms with Crippen LogP contribution in [0.5, 0.6) is 5.75 Å². The lowest BCUT2D eigenvalue weighted by Crippen LogP contribution is -2.17. The molecule has 2 aromatic carbocycles. The predicted octanol–water partition coefficient (Wildman–Crippen LogP) is 3.59. The maximum absolute atomic E-state index is 13.6. The lowest BCUT2D eigenvalue weighted by molar-refractivity contribution is 0.0911. The summed E-state index contributed by atoms with van der Waals surface area (Å²) in [7, 11) is 0. The molecule has 0 aliphatic rings. The molecule has 0 aliphatic carbocycles. The maximum Gasteiger partial charge on any atom is 0.252 e. The molecule has 138 valence electrons. The van der Waals surface area contributed by atoms with Crippen molar-refractivity contribution in [3.8, 4) is 11.4 Å². The number of ether oxygens (including phenoxy) is 1. The number of hydrogen-bond acceptors (Lipinski definition) is 3. The summed E-state index contributed by atoms with van der Waals surface area (Å²) in [5.74, 6) is -0.955. The molecule has 27 heavy (non-hydrogen) atoms. The zero-order chi connectivity index (χ0) is 19.6. The highest BCUT2D eigenvalue weighted by molar-refractivity contribution is 5.99. The third kappa shape index (κ3) is 3.74. The summed E-state index contributed by atoms with van der Waals surface area (Å²) in [4.78, 5) is 24.1. The van der Waals surface area contributed by atoms with Crippen LogP contribution in [0.4, 0.5) is 4.39 Å². The van der Waals surface area contributed by atoms with Crippen molar-refractivity contribution < 1.29 is 18.7 Å². The van der Waals surface area contributed by atoms with Gasteiger partial charge in [0.25, 0.3) is 5.91 Å². The monoisotopic (exact) mass is 366 g/mol. The average molecular weight is 366 g/mol. The highest BCUT2D eigenvalue weighted by Gasteiger charge is 2.18. The van der Waals surface area contributed by atoms with E-state index in [1.807, 2.05) is 11.5 Å². The molecular formula is C21H19FN2O3. The van der Waals surface area contributed by atoms with Crippen LogP contribution in [0.2, 0.25) is 0 Å². The van der Waals surface area contributed by atoms with E-state index >= 15 is 0 Å². The molecule has 0 saturated heterocycles. The van der Waals surface area contributed by atoms with Gasteiger partial charge in [0, 0.05) is 22.6 Å². The Morgan fingerprint density at radius 3 is 2.48 bits per heavy atom. The van der Waals surface area contributed by atoms with Crippen LogP contribution < -0.4 is 10.5 Å². The number of rotatable bonds is 6. The summed E-state index contributed by atoms with van der Waals surface area (Å²) in [5.41, 5.74) is 8.15. The zero-order valence-electron chi connectivity index (χ0n) is 15.0. The number of benzene rings is 2. The summed E-state index contributed by atoms with van der Waals surface area (Å²) in [6.07, 6.45) is 0. The molecule has 2 N–H and O–H groups in total. The fourth-order valence-corrected chi connectivity index (χ4v) is 3.07. The minimum absolute atomic E-state index is 0.218. The Morgan fingerprint density at radius 2 is 1.78 bits per heavy atom. The molecule has 0 saturated carbocycles. The number of carbonyl (C=O) groups is 2. The molecule has 0 bridgehead atoms. The van der Waals surface area contributed by atoms with Crippen molar-refractivity contribution in [2.24, 2.45) is 5.73 Å². The quantitative estimate of drug-likeness (QED) is 0.678. The number of nitrogens with zero attached hydrogens (tertiary/aromatic N) is 1. The molecule has 0 fully saturated rings. The number of nitrogens with two attached hydrogens (primary N) is 1. The first-order valence-corrected chi connectivity index (χ1v) is 8.38. The third-order valence-corrected chi connectivity index (χ3v) is 4.31. The number of aromatic nitrogens is 1. The van der Waals surface area contributed by atoms with Crippen LogP contribution in [-0.2, 0) is 0 Å². The smallest absolute Gasteiger partial charge is 0.252 e. The minimum Gasteiger partial charge on any atom is -0.485 e. The van der Waals surface area contributed by atoms with Gasteiger partial charge >= 0.3 is 0 Å². The van der Waals surface area contributed by atoms with Gasteiger partial charge in [0.15, 0.2) is 6.61 Å². The molecular weight excluding hydrogens is 347 g/mol. The van der Waals surface area contributed by atoms with Gasteiger partial charge in [-0.25, -0.2) is 4.39 Å². The molecule has 0 aliphatic heterocycles. The van der Waals surface area contributed by atoms with E-state index in [2.05, 4.69) is 0 Å². The molecule has 1 aromatic heterocycles. The highest BCUT2D eigenvalue weighted by atomic mass is 19.1. The fourth-order valence-electron chi connectivity index (χ4n) is 3.07. The van der Waals surface area contributed by atoms with E-state index in [0.717, 1.165) is 5.69 Å². The molecule has 6 heteroatoms. The number of halogens is 1. The van der Waals surface area contributed by atoms with Crippen molar-refractivity contribution in [3.05, 3.63) is 82.9 Å². The van der Waals surface area contributed by atoms with Gasteiger partial charge in [0.1, 0.15) is 11.6 Å². The molecule has 0 unspecified atom stereocenters. The van der Waals surface area contributed by atoms with Gasteiger partial charge < -0.3 is 15.0 Å². The Labute approximate surface area is 156 Å². The standard InChI is InChI=1S/C21H19FN2O3/c1-13-10-18(14(2)24(13)16-7-5-6-15(22)11-16)19(25)12-27-20-9-4-3-8-17(20)21(23)26/h3-11H,12H2,1-2H3,(H2,23,26). The predicted molar refractivity (Wildman–Crippen MR) is 100.0 cm³/mol. The number of amides is 1. The van der Waals surface area contributed by atoms with Crippen molar-refractivity contribution >= 4 is 11.7 Å². The molecule has 3 aromatic rings. The average Bonchev–Trinajstić information content (AvgIpc) is 2.94. The van der Waals surface area contributed by atoms with Gasteiger partial charge in [-0.2, -0.15) is 0 Å². The largest absolute Gasteiger partial charge is 0.485 e. The third-order valence-electron chi connectivity index (χ3n) is 4.31. The van der Waals surface area contributed by atoms with Crippen LogP contribution in [0.15, 0.2) is 54.6 Å². The molecule has 1 heterocycles. The maximum atomic E-state index is 13.6. The van der Waals surface area contributed by atoms with Crippen LogP contribution in [-0.4, -0.2) is 22.9 Å². The first-order chi connectivity index (χ1) is 12.9. The van der Waals surface area contributed by atoms with Crippen molar-refractivity contribution in [1.29, 1.82) is 0 Å². The number of Topliss-reactive ketones (excluding diaryl/α,β-unsaturated/α-hetero) is 1. The van der Waals surface area contributed by atoms with Gasteiger partial charge in [0.2, 0.25) is 5.78 Å². The second kappa shape index (κ2) is 7.45. The Hall–Kier alpha value is -3.41. The van der Waals surface area contributed by atoms with Crippen molar-refractivity contribution in [1.82, 2.24) is 4.57 Å². The summed E-state index contributed by atoms with van der Waals surface area (Å²) in [6, 6.07) is 14.4. The Balaban J connectivity index is 1.85. The fraction of sp³-hybridized carbons (Fsp3) is 0.143. The van der Waals surface area contributed by atoms with Gasteiger partial charge in [0.05, 0.1) is 5.56 Å². The number of carbonyl (C=O) groups excluding carboxylic acids is 2. The van der Waals surface area contributed by atoms with Crippen molar-refractivity contribution in [2.75, 3.05) is 6.61 Å². The van der Waals surface area contributed by atoms with Gasteiger partial charge in [-0.05, 0) is 50.2 Å². The molecule has 0 spiro atoms. The first-order valence-electron chi connectivity index (χ1n) is 8.38. The zero-order valence-corrected chi connectivity index (χ0v) is 15.0. The van der Waals surface area contributed by atoms with E-state index in [1.54, 1.807) is 43.3 Å². The summed E-state index contributed by atoms with van der Waals surface area (Å²) in [6.45, 7) is 3.40. The van der Waals surface area contributed by atoms with E-state index in [9.17, 15) is 14.0 Å². The van der Waals surface area contributed by atoms with Gasteiger partial charge in [-0.1, -0.05) is 18.2 Å². The highest BCUT2D eigenvalue weighted by Crippen LogP contribution is 2.23. The summed E-state index contributed by atoms with van der Waals surface area (Å²) in [5, 5.41) is 0. The number of aryl methyl sites for hydroxylation is 1. The molecule has 0 radical (unpaired) electrons. The Morgan fingerprint density at radius 1 is 1.04 bits per heavy atom. The van der Waals surface area contributed by atoms with Gasteiger partial charge in [-0.3, -0.25) is 9.59 Å². The van der Waals surface area contributed by atoms with Crippen LogP contribution in [0, 0.1) is 19.7 Å². The van der Waals surface area contributed by atoms with E-state index < -0.39 is 5.91 Å². The SMILES string of the molecule is Cc1cc(C(=O)COc2ccccc2C(N)=O)c(C)n1-c1cccc(F)c1. The topological polar surface area (TPSA) is 74.3 Å². The second-order valence-corrected chi connectivity index (χ2v) is 6.17. The van der Waals surface area contributed by atoms with E-state index in [0.29, 0.717) is 16.9 Å². The number of ketones is 1. The van der Waals surface area contributed by atoms with Crippen LogP contribution in [0.3, 0.4) is 0 Å². The number of primary amides is 1. The van der Waals surface area contributed by atoms with Gasteiger partial charge in [-0.15, -0.1) is 0 Å². The normalized spacial score (nSPS) is 10.6. The Bertz CT molecular complexity index is 1020. The molecule has 3 rings (SSSR count). The number of para-hydroxylation sites is 1. The minimum atomic E-state index is -0.623. The molecule has 0 atom stereocenters. The summed E-state index contributed by atoms with van der Waals surface area (Å²) >= 11 is 0. The lowest BCUT2D eigenvalue weighted by atomic mass is 10.1. The first kappa shape index (κ1) is 18.4. The van der Waals surface area contributed by atoms with Crippen LogP contribution in [0.1, 0.15) is 32.1 Å². The molecule has 1 amide bonds. The van der Waals surface area contributed by atoms with E-state index in [1.165, 1.54) is 18.2 Å². The van der Waals surface area contributed by atoms with Crippen molar-refractivity contribution in [2.45, 2.75) is 13.8 Å². The second-order valence-electron chi connectivity index (χ2n) is 6.17.